The van der Waals surface area contributed by atoms with E-state index in [9.17, 15) is 4.79 Å². The summed E-state index contributed by atoms with van der Waals surface area (Å²) in [6.07, 6.45) is 5.32. The Hall–Kier alpha value is -1.38. The number of ketones is 1. The molecule has 1 heterocycles. The van der Waals surface area contributed by atoms with Gasteiger partial charge in [0, 0.05) is 13.2 Å². The van der Waals surface area contributed by atoms with Gasteiger partial charge in [0.15, 0.2) is 0 Å². The minimum absolute atomic E-state index is 0.00398. The molecule has 0 unspecified atom stereocenters. The summed E-state index contributed by atoms with van der Waals surface area (Å²) in [5, 5.41) is 4.05. The molecule has 0 aliphatic heterocycles. The van der Waals surface area contributed by atoms with E-state index in [0.717, 1.165) is 12.8 Å². The van der Waals surface area contributed by atoms with Crippen molar-refractivity contribution in [2.75, 3.05) is 0 Å². The molecule has 3 nitrogen and oxygen atoms in total. The minimum atomic E-state index is 0.00398. The minimum Gasteiger partial charge on any atom is -0.287 e. The van der Waals surface area contributed by atoms with E-state index < -0.39 is 0 Å². The summed E-state index contributed by atoms with van der Waals surface area (Å²) in [6.45, 7) is 4.11. The first-order valence-electron chi connectivity index (χ1n) is 4.90. The molecule has 3 heteroatoms. The molecule has 1 aromatic rings. The van der Waals surface area contributed by atoms with Gasteiger partial charge in [0.05, 0.1) is 0 Å². The Kier molecular flexibility index (Phi) is 3.63. The van der Waals surface area contributed by atoms with Crippen LogP contribution in [-0.4, -0.2) is 15.6 Å². The average molecular weight is 192 g/mol. The van der Waals surface area contributed by atoms with Crippen LogP contribution in [0.5, 0.6) is 0 Å². The quantitative estimate of drug-likeness (QED) is 0.542. The molecule has 0 amide bonds. The maximum Gasteiger partial charge on any atom is 0.205 e. The molecule has 0 aliphatic carbocycles. The number of carbonyl (C=O) groups is 1. The van der Waals surface area contributed by atoms with Gasteiger partial charge in [0.2, 0.25) is 5.78 Å². The van der Waals surface area contributed by atoms with Crippen molar-refractivity contribution >= 4 is 5.78 Å². The van der Waals surface area contributed by atoms with Crippen LogP contribution in [0.15, 0.2) is 23.9 Å². The number of aryl methyl sites for hydroxylation is 1. The standard InChI is InChI=1S/C11H16N2O/c1-4-9(5-2)8-11(14)10-6-7-13(3)12-10/h6-8H,4-5H2,1-3H3. The van der Waals surface area contributed by atoms with Gasteiger partial charge in [-0.25, -0.2) is 0 Å². The first-order valence-corrected chi connectivity index (χ1v) is 4.90. The Morgan fingerprint density at radius 1 is 1.50 bits per heavy atom. The summed E-state index contributed by atoms with van der Waals surface area (Å²) in [5.41, 5.74) is 1.69. The molecule has 1 rings (SSSR count). The third kappa shape index (κ3) is 2.55. The van der Waals surface area contributed by atoms with Crippen molar-refractivity contribution in [1.82, 2.24) is 9.78 Å². The molecule has 0 aliphatic rings. The van der Waals surface area contributed by atoms with Gasteiger partial charge in [-0.05, 0) is 25.0 Å². The van der Waals surface area contributed by atoms with Gasteiger partial charge in [-0.3, -0.25) is 9.48 Å². The Balaban J connectivity index is 2.81. The van der Waals surface area contributed by atoms with E-state index in [2.05, 4.69) is 18.9 Å². The van der Waals surface area contributed by atoms with Crippen LogP contribution < -0.4 is 0 Å². The van der Waals surface area contributed by atoms with Crippen LogP contribution in [0.2, 0.25) is 0 Å². The lowest BCUT2D eigenvalue weighted by atomic mass is 10.1. The molecule has 0 atom stereocenters. The largest absolute Gasteiger partial charge is 0.287 e. The van der Waals surface area contributed by atoms with Crippen molar-refractivity contribution in [3.8, 4) is 0 Å². The number of hydrogen-bond acceptors (Lipinski definition) is 2. The van der Waals surface area contributed by atoms with Crippen LogP contribution in [0, 0.1) is 0 Å². The smallest absolute Gasteiger partial charge is 0.205 e. The SMILES string of the molecule is CCC(=CC(=O)c1ccn(C)n1)CC. The highest BCUT2D eigenvalue weighted by Crippen LogP contribution is 2.07. The van der Waals surface area contributed by atoms with Crippen molar-refractivity contribution in [3.63, 3.8) is 0 Å². The molecular weight excluding hydrogens is 176 g/mol. The lowest BCUT2D eigenvalue weighted by Gasteiger charge is -1.97. The highest BCUT2D eigenvalue weighted by molar-refractivity contribution is 6.03. The fraction of sp³-hybridized carbons (Fsp3) is 0.455. The van der Waals surface area contributed by atoms with Crippen LogP contribution in [0.3, 0.4) is 0 Å². The predicted octanol–water partition coefficient (Wildman–Crippen LogP) is 2.35. The van der Waals surface area contributed by atoms with Gasteiger partial charge in [0.25, 0.3) is 0 Å². The summed E-state index contributed by atoms with van der Waals surface area (Å²) in [6, 6.07) is 1.74. The van der Waals surface area contributed by atoms with Gasteiger partial charge in [0.1, 0.15) is 5.69 Å². The highest BCUT2D eigenvalue weighted by Gasteiger charge is 2.06. The molecule has 0 bridgehead atoms. The van der Waals surface area contributed by atoms with E-state index in [-0.39, 0.29) is 5.78 Å². The second-order valence-corrected chi connectivity index (χ2v) is 3.25. The van der Waals surface area contributed by atoms with Crippen LogP contribution in [-0.2, 0) is 7.05 Å². The number of allylic oxidation sites excluding steroid dienone is 2. The van der Waals surface area contributed by atoms with E-state index in [4.69, 9.17) is 0 Å². The summed E-state index contributed by atoms with van der Waals surface area (Å²) < 4.78 is 1.64. The van der Waals surface area contributed by atoms with Gasteiger partial charge in [-0.2, -0.15) is 5.10 Å². The molecule has 0 fully saturated rings. The third-order valence-electron chi connectivity index (χ3n) is 2.21. The van der Waals surface area contributed by atoms with E-state index in [1.54, 1.807) is 30.1 Å². The van der Waals surface area contributed by atoms with Crippen LogP contribution in [0.4, 0.5) is 0 Å². The molecule has 14 heavy (non-hydrogen) atoms. The molecule has 0 saturated heterocycles. The van der Waals surface area contributed by atoms with Gasteiger partial charge in [-0.1, -0.05) is 19.4 Å². The van der Waals surface area contributed by atoms with E-state index in [1.165, 1.54) is 5.57 Å². The molecule has 1 aromatic heterocycles. The summed E-state index contributed by atoms with van der Waals surface area (Å²) in [5.74, 6) is 0.00398. The Morgan fingerprint density at radius 3 is 2.57 bits per heavy atom. The molecule has 0 radical (unpaired) electrons. The van der Waals surface area contributed by atoms with E-state index in [0.29, 0.717) is 5.69 Å². The molecule has 0 spiro atoms. The Labute approximate surface area is 84.4 Å². The zero-order chi connectivity index (χ0) is 10.6. The third-order valence-corrected chi connectivity index (χ3v) is 2.21. The first-order chi connectivity index (χ1) is 6.67. The summed E-state index contributed by atoms with van der Waals surface area (Å²) in [7, 11) is 1.81. The molecule has 0 saturated carbocycles. The number of aromatic nitrogens is 2. The van der Waals surface area contributed by atoms with Crippen LogP contribution in [0.1, 0.15) is 37.2 Å². The molecule has 0 N–H and O–H groups in total. The van der Waals surface area contributed by atoms with Crippen molar-refractivity contribution < 1.29 is 4.79 Å². The van der Waals surface area contributed by atoms with Crippen LogP contribution in [0.25, 0.3) is 0 Å². The van der Waals surface area contributed by atoms with Crippen molar-refractivity contribution in [2.45, 2.75) is 26.7 Å². The predicted molar refractivity (Wildman–Crippen MR) is 56.2 cm³/mol. The molecular formula is C11H16N2O. The highest BCUT2D eigenvalue weighted by atomic mass is 16.1. The number of rotatable bonds is 4. The number of nitrogens with zero attached hydrogens (tertiary/aromatic N) is 2. The molecule has 0 aromatic carbocycles. The Morgan fingerprint density at radius 2 is 2.14 bits per heavy atom. The second-order valence-electron chi connectivity index (χ2n) is 3.25. The normalized spacial score (nSPS) is 9.93. The average Bonchev–Trinajstić information content (AvgIpc) is 2.61. The number of carbonyl (C=O) groups excluding carboxylic acids is 1. The van der Waals surface area contributed by atoms with Gasteiger partial charge < -0.3 is 0 Å². The van der Waals surface area contributed by atoms with E-state index in [1.807, 2.05) is 0 Å². The maximum atomic E-state index is 11.6. The van der Waals surface area contributed by atoms with Crippen LogP contribution >= 0.6 is 0 Å². The lowest BCUT2D eigenvalue weighted by molar-refractivity contribution is 0.104. The Bertz CT molecular complexity index is 344. The van der Waals surface area contributed by atoms with Crippen molar-refractivity contribution in [2.24, 2.45) is 7.05 Å². The molecule has 76 valence electrons. The fourth-order valence-electron chi connectivity index (χ4n) is 1.26. The van der Waals surface area contributed by atoms with Crippen molar-refractivity contribution in [3.05, 3.63) is 29.6 Å². The monoisotopic (exact) mass is 192 g/mol. The zero-order valence-corrected chi connectivity index (χ0v) is 8.95. The first kappa shape index (κ1) is 10.7. The zero-order valence-electron chi connectivity index (χ0n) is 8.95. The van der Waals surface area contributed by atoms with E-state index >= 15 is 0 Å². The summed E-state index contributed by atoms with van der Waals surface area (Å²) >= 11 is 0. The fourth-order valence-corrected chi connectivity index (χ4v) is 1.26. The topological polar surface area (TPSA) is 34.9 Å². The number of hydrogen-bond donors (Lipinski definition) is 0. The summed E-state index contributed by atoms with van der Waals surface area (Å²) in [4.78, 5) is 11.6. The maximum absolute atomic E-state index is 11.6. The van der Waals surface area contributed by atoms with Gasteiger partial charge in [-0.15, -0.1) is 0 Å². The van der Waals surface area contributed by atoms with Crippen molar-refractivity contribution in [1.29, 1.82) is 0 Å². The lowest BCUT2D eigenvalue weighted by Crippen LogP contribution is -1.99. The second kappa shape index (κ2) is 4.74. The van der Waals surface area contributed by atoms with Gasteiger partial charge >= 0.3 is 0 Å².